The van der Waals surface area contributed by atoms with E-state index in [0.29, 0.717) is 17.4 Å². The van der Waals surface area contributed by atoms with Crippen LogP contribution in [-0.2, 0) is 18.4 Å². The molecule has 3 atom stereocenters. The molecule has 0 saturated carbocycles. The van der Waals surface area contributed by atoms with Crippen LogP contribution in [-0.4, -0.2) is 73.4 Å². The summed E-state index contributed by atoms with van der Waals surface area (Å²) < 4.78 is 23.4. The molecule has 0 rings (SSSR count). The van der Waals surface area contributed by atoms with Gasteiger partial charge in [-0.15, -0.1) is 0 Å². The lowest BCUT2D eigenvalue weighted by Crippen LogP contribution is -2.45. The van der Waals surface area contributed by atoms with Crippen molar-refractivity contribution in [2.24, 2.45) is 0 Å². The van der Waals surface area contributed by atoms with Crippen molar-refractivity contribution in [3.8, 4) is 0 Å². The number of nitrogens with one attached hydrogen (secondary N) is 1. The van der Waals surface area contributed by atoms with Gasteiger partial charge in [-0.1, -0.05) is 159 Å². The number of unbranched alkanes of at least 4 members (excludes halogenated alkanes) is 19. The third kappa shape index (κ3) is 35.1. The minimum absolute atomic E-state index is 0.0520. The number of carbonyl (C=O) groups excluding carboxylic acids is 1. The predicted octanol–water partition coefficient (Wildman–Crippen LogP) is 10.7. The molecule has 0 bridgehead atoms. The number of rotatable bonds is 36. The standard InChI is InChI=1S/C41H79N2O6P/c1-6-8-10-12-14-16-18-20-21-23-24-26-28-30-32-34-40(44)39(38-49-50(46,47)48-37-36-43(3,4)5)42-41(45)35-33-31-29-27-25-22-19-17-15-13-11-9-7-2/h22,25,29,31-32,34,39-40,44H,6-21,23-24,26-28,30,33,35-38H2,1-5H3,(H-,42,45,46,47)/p+1/b25-22-,31-29-,34-32+. The summed E-state index contributed by atoms with van der Waals surface area (Å²) >= 11 is 0. The van der Waals surface area contributed by atoms with Crippen LogP contribution in [0.2, 0.25) is 0 Å². The minimum atomic E-state index is -4.34. The van der Waals surface area contributed by atoms with Gasteiger partial charge in [0.25, 0.3) is 0 Å². The Bertz CT molecular complexity index is 917. The Hall–Kier alpha value is -1.28. The van der Waals surface area contributed by atoms with Gasteiger partial charge in [-0.2, -0.15) is 0 Å². The van der Waals surface area contributed by atoms with E-state index < -0.39 is 20.0 Å². The topological polar surface area (TPSA) is 105 Å². The quantitative estimate of drug-likeness (QED) is 0.0257. The number of allylic oxidation sites excluding steroid dienone is 5. The molecular weight excluding hydrogens is 647 g/mol. The number of amides is 1. The summed E-state index contributed by atoms with van der Waals surface area (Å²) in [6.45, 7) is 4.74. The van der Waals surface area contributed by atoms with Crippen molar-refractivity contribution in [1.29, 1.82) is 0 Å². The maximum absolute atomic E-state index is 12.8. The van der Waals surface area contributed by atoms with Crippen LogP contribution in [0.4, 0.5) is 0 Å². The van der Waals surface area contributed by atoms with E-state index in [2.05, 4.69) is 37.4 Å². The smallest absolute Gasteiger partial charge is 0.387 e. The molecule has 0 aromatic rings. The van der Waals surface area contributed by atoms with Crippen LogP contribution in [0.5, 0.6) is 0 Å². The van der Waals surface area contributed by atoms with Crippen molar-refractivity contribution in [2.75, 3.05) is 40.9 Å². The fourth-order valence-electron chi connectivity index (χ4n) is 5.56. The SMILES string of the molecule is CCCCCCCC/C=C\C/C=C\CCC(=O)NC(COP(=O)(O)OCC[N+](C)(C)C)C(O)/C=C/CCCCCCCCCCCCCCC. The molecule has 0 aliphatic heterocycles. The van der Waals surface area contributed by atoms with E-state index in [1.807, 2.05) is 33.3 Å². The van der Waals surface area contributed by atoms with Gasteiger partial charge in [-0.05, 0) is 38.5 Å². The highest BCUT2D eigenvalue weighted by molar-refractivity contribution is 7.47. The van der Waals surface area contributed by atoms with Crippen LogP contribution < -0.4 is 5.32 Å². The number of likely N-dealkylation sites (N-methyl/N-ethyl adjacent to an activating group) is 1. The van der Waals surface area contributed by atoms with Gasteiger partial charge in [-0.3, -0.25) is 13.8 Å². The van der Waals surface area contributed by atoms with Crippen molar-refractivity contribution in [3.63, 3.8) is 0 Å². The summed E-state index contributed by atoms with van der Waals surface area (Å²) in [6, 6.07) is -0.873. The molecule has 0 saturated heterocycles. The number of phosphoric ester groups is 1. The van der Waals surface area contributed by atoms with Crippen LogP contribution in [0.25, 0.3) is 0 Å². The fourth-order valence-corrected chi connectivity index (χ4v) is 6.30. The third-order valence-electron chi connectivity index (χ3n) is 8.87. The molecule has 0 aliphatic carbocycles. The number of carbonyl (C=O) groups is 1. The second-order valence-electron chi connectivity index (χ2n) is 15.0. The summed E-state index contributed by atoms with van der Waals surface area (Å²) in [7, 11) is 1.54. The lowest BCUT2D eigenvalue weighted by atomic mass is 10.0. The Morgan fingerprint density at radius 1 is 0.680 bits per heavy atom. The molecule has 3 unspecified atom stereocenters. The first-order valence-corrected chi connectivity index (χ1v) is 21.9. The Balaban J connectivity index is 4.59. The molecule has 1 amide bonds. The molecule has 0 spiro atoms. The Morgan fingerprint density at radius 3 is 1.64 bits per heavy atom. The molecular formula is C41H80N2O6P+. The van der Waals surface area contributed by atoms with Crippen molar-refractivity contribution < 1.29 is 32.9 Å². The monoisotopic (exact) mass is 728 g/mol. The van der Waals surface area contributed by atoms with E-state index in [4.69, 9.17) is 9.05 Å². The molecule has 3 N–H and O–H groups in total. The van der Waals surface area contributed by atoms with E-state index in [9.17, 15) is 19.4 Å². The fraction of sp³-hybridized carbons (Fsp3) is 0.829. The molecule has 0 aromatic heterocycles. The van der Waals surface area contributed by atoms with Crippen molar-refractivity contribution in [2.45, 2.75) is 180 Å². The van der Waals surface area contributed by atoms with Crippen molar-refractivity contribution >= 4 is 13.7 Å². The average Bonchev–Trinajstić information content (AvgIpc) is 3.06. The molecule has 0 aromatic carbocycles. The van der Waals surface area contributed by atoms with Crippen LogP contribution >= 0.6 is 7.82 Å². The molecule has 8 nitrogen and oxygen atoms in total. The second-order valence-corrected chi connectivity index (χ2v) is 16.5. The molecule has 294 valence electrons. The largest absolute Gasteiger partial charge is 0.472 e. The summed E-state index contributed by atoms with van der Waals surface area (Å²) in [5.74, 6) is -0.246. The van der Waals surface area contributed by atoms with Gasteiger partial charge >= 0.3 is 7.82 Å². The van der Waals surface area contributed by atoms with E-state index in [0.717, 1.165) is 32.1 Å². The number of aliphatic hydroxyl groups is 1. The average molecular weight is 728 g/mol. The van der Waals surface area contributed by atoms with E-state index >= 15 is 0 Å². The maximum Gasteiger partial charge on any atom is 0.472 e. The van der Waals surface area contributed by atoms with Crippen LogP contribution in [0, 0.1) is 0 Å². The summed E-state index contributed by atoms with van der Waals surface area (Å²) in [5.41, 5.74) is 0. The number of aliphatic hydroxyl groups excluding tert-OH is 1. The summed E-state index contributed by atoms with van der Waals surface area (Å²) in [4.78, 5) is 23.0. The van der Waals surface area contributed by atoms with E-state index in [1.165, 1.54) is 109 Å². The first-order chi connectivity index (χ1) is 24.0. The summed E-state index contributed by atoms with van der Waals surface area (Å²) in [6.07, 6.45) is 39.3. The molecule has 0 heterocycles. The Kier molecular flexibility index (Phi) is 32.7. The highest BCUT2D eigenvalue weighted by atomic mass is 31.2. The predicted molar refractivity (Wildman–Crippen MR) is 212 cm³/mol. The zero-order valence-corrected chi connectivity index (χ0v) is 34.0. The molecule has 0 radical (unpaired) electrons. The lowest BCUT2D eigenvalue weighted by Gasteiger charge is -2.25. The maximum atomic E-state index is 12.8. The van der Waals surface area contributed by atoms with Crippen LogP contribution in [0.1, 0.15) is 168 Å². The van der Waals surface area contributed by atoms with E-state index in [1.54, 1.807) is 6.08 Å². The zero-order valence-electron chi connectivity index (χ0n) is 33.1. The first kappa shape index (κ1) is 48.7. The van der Waals surface area contributed by atoms with Crippen LogP contribution in [0.15, 0.2) is 36.5 Å². The molecule has 0 fully saturated rings. The van der Waals surface area contributed by atoms with Gasteiger partial charge < -0.3 is 19.8 Å². The third-order valence-corrected chi connectivity index (χ3v) is 9.85. The van der Waals surface area contributed by atoms with Gasteiger partial charge in [-0.25, -0.2) is 4.57 Å². The van der Waals surface area contributed by atoms with Gasteiger partial charge in [0.2, 0.25) is 5.91 Å². The molecule has 9 heteroatoms. The summed E-state index contributed by atoms with van der Waals surface area (Å²) in [5, 5.41) is 13.7. The Labute approximate surface area is 308 Å². The number of phosphoric acid groups is 1. The minimum Gasteiger partial charge on any atom is -0.387 e. The van der Waals surface area contributed by atoms with Gasteiger partial charge in [0, 0.05) is 6.42 Å². The normalized spacial score (nSPS) is 14.9. The van der Waals surface area contributed by atoms with Crippen molar-refractivity contribution in [3.05, 3.63) is 36.5 Å². The van der Waals surface area contributed by atoms with Gasteiger partial charge in [0.05, 0.1) is 39.9 Å². The van der Waals surface area contributed by atoms with Gasteiger partial charge in [0.1, 0.15) is 13.2 Å². The lowest BCUT2D eigenvalue weighted by molar-refractivity contribution is -0.870. The zero-order chi connectivity index (χ0) is 37.2. The number of quaternary nitrogens is 1. The number of nitrogens with zero attached hydrogens (tertiary/aromatic N) is 1. The second kappa shape index (κ2) is 33.5. The highest BCUT2D eigenvalue weighted by Gasteiger charge is 2.27. The molecule has 0 aliphatic rings. The molecule has 50 heavy (non-hydrogen) atoms. The number of hydrogen-bond acceptors (Lipinski definition) is 5. The van der Waals surface area contributed by atoms with E-state index in [-0.39, 0.29) is 25.5 Å². The van der Waals surface area contributed by atoms with Crippen LogP contribution in [0.3, 0.4) is 0 Å². The highest BCUT2D eigenvalue weighted by Crippen LogP contribution is 2.43. The van der Waals surface area contributed by atoms with Gasteiger partial charge in [0.15, 0.2) is 0 Å². The van der Waals surface area contributed by atoms with Crippen molar-refractivity contribution in [1.82, 2.24) is 5.32 Å². The Morgan fingerprint density at radius 2 is 1.14 bits per heavy atom. The number of hydrogen-bond donors (Lipinski definition) is 3. The first-order valence-electron chi connectivity index (χ1n) is 20.4.